The molecular formula is C23H20ClF3N2O4S. The Morgan fingerprint density at radius 1 is 1.15 bits per heavy atom. The van der Waals surface area contributed by atoms with Crippen LogP contribution in [0.1, 0.15) is 36.0 Å². The summed E-state index contributed by atoms with van der Waals surface area (Å²) >= 11 is 6.21. The molecule has 2 N–H and O–H groups in total. The van der Waals surface area contributed by atoms with Gasteiger partial charge >= 0.3 is 0 Å². The Labute approximate surface area is 199 Å². The molecule has 2 aliphatic carbocycles. The van der Waals surface area contributed by atoms with Gasteiger partial charge < -0.3 is 10.4 Å². The van der Waals surface area contributed by atoms with E-state index in [4.69, 9.17) is 11.6 Å². The van der Waals surface area contributed by atoms with Gasteiger partial charge in [0.2, 0.25) is 0 Å². The minimum atomic E-state index is -4.02. The maximum absolute atomic E-state index is 13.6. The largest absolute Gasteiger partial charge is 0.395 e. The van der Waals surface area contributed by atoms with Crippen molar-refractivity contribution in [3.05, 3.63) is 58.4 Å². The monoisotopic (exact) mass is 512 g/mol. The Hall–Kier alpha value is -2.61. The van der Waals surface area contributed by atoms with Crippen LogP contribution in [-0.2, 0) is 9.84 Å². The van der Waals surface area contributed by atoms with E-state index in [0.717, 1.165) is 6.07 Å². The molecule has 180 valence electrons. The number of hydrogen-bond acceptors (Lipinski definition) is 5. The van der Waals surface area contributed by atoms with Gasteiger partial charge in [0.1, 0.15) is 0 Å². The third-order valence-electron chi connectivity index (χ3n) is 6.78. The standard InChI is InChI=1S/C23H20ClF3N2O4S/c24-16-4-3-12(22(31)29-15-6-17(25)20(27)18(26)7-15)5-19(16)34(32,33)21-13-1-2-14(21)9-23(8-13,10-28)11-30/h3-7,13-14,21,30H,1-2,8-9,11H2,(H,29,31)/t13-,14?,21?,23+/m0/s1. The molecule has 34 heavy (non-hydrogen) atoms. The van der Waals surface area contributed by atoms with Crippen molar-refractivity contribution >= 4 is 33.0 Å². The molecule has 2 aromatic rings. The number of halogens is 4. The molecule has 2 fully saturated rings. The quantitative estimate of drug-likeness (QED) is 0.575. The van der Waals surface area contributed by atoms with Crippen molar-refractivity contribution in [1.29, 1.82) is 5.26 Å². The average molecular weight is 513 g/mol. The third kappa shape index (κ3) is 4.17. The number of carbonyl (C=O) groups excluding carboxylic acids is 1. The van der Waals surface area contributed by atoms with Gasteiger partial charge in [-0.1, -0.05) is 11.6 Å². The van der Waals surface area contributed by atoms with Crippen molar-refractivity contribution < 1.29 is 31.5 Å². The van der Waals surface area contributed by atoms with Crippen molar-refractivity contribution in [2.24, 2.45) is 17.3 Å². The number of sulfone groups is 1. The second-order valence-corrected chi connectivity index (χ2v) is 11.4. The van der Waals surface area contributed by atoms with Crippen LogP contribution < -0.4 is 5.32 Å². The molecule has 0 spiro atoms. The number of nitriles is 1. The summed E-state index contributed by atoms with van der Waals surface area (Å²) in [5.41, 5.74) is -1.44. The number of aliphatic hydroxyl groups is 1. The van der Waals surface area contributed by atoms with Gasteiger partial charge in [-0.25, -0.2) is 21.6 Å². The number of nitrogens with zero attached hydrogens (tertiary/aromatic N) is 1. The second-order valence-electron chi connectivity index (χ2n) is 8.92. The molecule has 0 aliphatic heterocycles. The number of carbonyl (C=O) groups is 1. The summed E-state index contributed by atoms with van der Waals surface area (Å²) in [7, 11) is -4.02. The van der Waals surface area contributed by atoms with Gasteiger partial charge in [0, 0.05) is 23.4 Å². The summed E-state index contributed by atoms with van der Waals surface area (Å²) in [6, 6.07) is 6.96. The van der Waals surface area contributed by atoms with Gasteiger partial charge in [-0.05, 0) is 55.7 Å². The molecule has 6 nitrogen and oxygen atoms in total. The van der Waals surface area contributed by atoms with Crippen LogP contribution in [0.5, 0.6) is 0 Å². The molecule has 2 unspecified atom stereocenters. The Bertz CT molecular complexity index is 1270. The van der Waals surface area contributed by atoms with E-state index in [9.17, 15) is 36.8 Å². The van der Waals surface area contributed by atoms with Gasteiger partial charge in [-0.3, -0.25) is 4.79 Å². The van der Waals surface area contributed by atoms with Gasteiger partial charge in [0.25, 0.3) is 5.91 Å². The highest BCUT2D eigenvalue weighted by atomic mass is 35.5. The third-order valence-corrected chi connectivity index (χ3v) is 9.66. The highest BCUT2D eigenvalue weighted by molar-refractivity contribution is 7.92. The number of aliphatic hydroxyl groups excluding tert-OH is 1. The van der Waals surface area contributed by atoms with E-state index in [1.54, 1.807) is 0 Å². The number of anilines is 1. The Morgan fingerprint density at radius 2 is 1.74 bits per heavy atom. The smallest absolute Gasteiger partial charge is 0.255 e. The highest BCUT2D eigenvalue weighted by Gasteiger charge is 2.54. The van der Waals surface area contributed by atoms with Crippen molar-refractivity contribution in [1.82, 2.24) is 0 Å². The fourth-order valence-corrected chi connectivity index (χ4v) is 8.11. The van der Waals surface area contributed by atoms with Crippen LogP contribution >= 0.6 is 11.6 Å². The lowest BCUT2D eigenvalue weighted by Gasteiger charge is -2.39. The number of rotatable bonds is 5. The molecule has 2 bridgehead atoms. The average Bonchev–Trinajstić information content (AvgIpc) is 3.09. The number of amides is 1. The second kappa shape index (κ2) is 8.87. The molecule has 0 aromatic heterocycles. The number of hydrogen-bond donors (Lipinski definition) is 2. The van der Waals surface area contributed by atoms with Crippen LogP contribution in [0.15, 0.2) is 35.2 Å². The van der Waals surface area contributed by atoms with E-state index in [-0.39, 0.29) is 52.5 Å². The predicted octanol–water partition coefficient (Wildman–Crippen LogP) is 4.47. The van der Waals surface area contributed by atoms with Crippen LogP contribution in [0.4, 0.5) is 18.9 Å². The fraction of sp³-hybridized carbons (Fsp3) is 0.391. The molecule has 0 radical (unpaired) electrons. The normalized spacial score (nSPS) is 26.2. The van der Waals surface area contributed by atoms with Gasteiger partial charge in [-0.2, -0.15) is 5.26 Å². The maximum Gasteiger partial charge on any atom is 0.255 e. The van der Waals surface area contributed by atoms with E-state index in [0.29, 0.717) is 25.0 Å². The minimum absolute atomic E-state index is 0.0888. The van der Waals surface area contributed by atoms with Crippen molar-refractivity contribution in [3.63, 3.8) is 0 Å². The zero-order chi connectivity index (χ0) is 24.8. The zero-order valence-corrected chi connectivity index (χ0v) is 19.3. The Kier molecular flexibility index (Phi) is 6.40. The number of fused-ring (bicyclic) bond motifs is 2. The summed E-state index contributed by atoms with van der Waals surface area (Å²) in [6.07, 6.45) is 1.69. The van der Waals surface area contributed by atoms with E-state index < -0.39 is 43.9 Å². The van der Waals surface area contributed by atoms with E-state index in [1.165, 1.54) is 12.1 Å². The lowest BCUT2D eigenvalue weighted by atomic mass is 9.70. The van der Waals surface area contributed by atoms with E-state index in [2.05, 4.69) is 11.4 Å². The van der Waals surface area contributed by atoms with E-state index in [1.807, 2.05) is 0 Å². The lowest BCUT2D eigenvalue weighted by molar-refractivity contribution is 0.102. The molecule has 2 aromatic carbocycles. The van der Waals surface area contributed by atoms with Crippen LogP contribution in [-0.4, -0.2) is 31.3 Å². The molecule has 2 aliphatic rings. The Morgan fingerprint density at radius 3 is 2.26 bits per heavy atom. The first-order chi connectivity index (χ1) is 16.0. The van der Waals surface area contributed by atoms with Crippen molar-refractivity contribution in [3.8, 4) is 6.07 Å². The van der Waals surface area contributed by atoms with Crippen LogP contribution in [0.25, 0.3) is 0 Å². The van der Waals surface area contributed by atoms with Crippen molar-refractivity contribution in [2.75, 3.05) is 11.9 Å². The van der Waals surface area contributed by atoms with Crippen LogP contribution in [0.3, 0.4) is 0 Å². The van der Waals surface area contributed by atoms with Crippen LogP contribution in [0.2, 0.25) is 5.02 Å². The summed E-state index contributed by atoms with van der Waals surface area (Å²) in [5.74, 6) is -6.20. The maximum atomic E-state index is 13.6. The molecule has 0 saturated heterocycles. The van der Waals surface area contributed by atoms with Gasteiger partial charge in [0.05, 0.1) is 33.3 Å². The molecule has 4 rings (SSSR count). The van der Waals surface area contributed by atoms with Gasteiger partial charge in [0.15, 0.2) is 27.3 Å². The fourth-order valence-electron chi connectivity index (χ4n) is 5.27. The summed E-state index contributed by atoms with van der Waals surface area (Å²) < 4.78 is 67.3. The number of benzene rings is 2. The number of nitrogens with one attached hydrogen (secondary N) is 1. The van der Waals surface area contributed by atoms with Crippen LogP contribution in [0, 0.1) is 46.0 Å². The first-order valence-corrected chi connectivity index (χ1v) is 12.5. The highest BCUT2D eigenvalue weighted by Crippen LogP contribution is 2.54. The summed E-state index contributed by atoms with van der Waals surface area (Å²) in [4.78, 5) is 12.4. The minimum Gasteiger partial charge on any atom is -0.395 e. The zero-order valence-electron chi connectivity index (χ0n) is 17.7. The lowest BCUT2D eigenvalue weighted by Crippen LogP contribution is -2.43. The SMILES string of the molecule is N#C[C@]1(CO)CC2CC[C@@H](C1)C2S(=O)(=O)c1cc(C(=O)Nc2cc(F)c(F)c(F)c2)ccc1Cl. The molecule has 0 heterocycles. The van der Waals surface area contributed by atoms with Gasteiger partial charge in [-0.15, -0.1) is 0 Å². The molecular weight excluding hydrogens is 493 g/mol. The topological polar surface area (TPSA) is 107 Å². The summed E-state index contributed by atoms with van der Waals surface area (Å²) in [6.45, 7) is -0.343. The first kappa shape index (κ1) is 24.5. The molecule has 11 heteroatoms. The molecule has 4 atom stereocenters. The Balaban J connectivity index is 1.64. The summed E-state index contributed by atoms with van der Waals surface area (Å²) in [5, 5.41) is 20.6. The predicted molar refractivity (Wildman–Crippen MR) is 117 cm³/mol. The molecule has 2 saturated carbocycles. The van der Waals surface area contributed by atoms with E-state index >= 15 is 0 Å². The van der Waals surface area contributed by atoms with Crippen molar-refractivity contribution in [2.45, 2.75) is 35.8 Å². The molecule has 1 amide bonds. The first-order valence-electron chi connectivity index (χ1n) is 10.5.